The van der Waals surface area contributed by atoms with Gasteiger partial charge in [0.1, 0.15) is 0 Å². The zero-order valence-corrected chi connectivity index (χ0v) is 14.6. The van der Waals surface area contributed by atoms with E-state index < -0.39 is 5.97 Å². The van der Waals surface area contributed by atoms with Crippen LogP contribution in [0.3, 0.4) is 0 Å². The van der Waals surface area contributed by atoms with Gasteiger partial charge in [-0.15, -0.1) is 0 Å². The van der Waals surface area contributed by atoms with E-state index in [1.165, 1.54) is 6.08 Å². The Bertz CT molecular complexity index is 804. The van der Waals surface area contributed by atoms with Crippen molar-refractivity contribution in [2.45, 2.75) is 19.8 Å². The topological polar surface area (TPSA) is 57.7 Å². The first-order valence-corrected chi connectivity index (χ1v) is 8.36. The summed E-state index contributed by atoms with van der Waals surface area (Å²) in [5.74, 6) is 0.711. The first-order valence-electron chi connectivity index (χ1n) is 7.98. The fraction of sp³-hybridized carbons (Fsp3) is 0.263. The van der Waals surface area contributed by atoms with Crippen LogP contribution in [-0.4, -0.2) is 24.4 Å². The van der Waals surface area contributed by atoms with Crippen LogP contribution in [0.2, 0.25) is 5.02 Å². The van der Waals surface area contributed by atoms with Gasteiger partial charge in [0.2, 0.25) is 6.79 Å². The molecule has 1 aliphatic rings. The average Bonchev–Trinajstić information content (AvgIpc) is 3.06. The highest BCUT2D eigenvalue weighted by Crippen LogP contribution is 2.40. The Morgan fingerprint density at radius 2 is 2.24 bits per heavy atom. The molecule has 0 saturated heterocycles. The summed E-state index contributed by atoms with van der Waals surface area (Å²) in [6.45, 7) is 2.46. The van der Waals surface area contributed by atoms with E-state index in [1.807, 2.05) is 25.1 Å². The summed E-state index contributed by atoms with van der Waals surface area (Å²) in [6, 6.07) is 9.38. The minimum Gasteiger partial charge on any atom is -0.463 e. The van der Waals surface area contributed by atoms with Crippen LogP contribution >= 0.6 is 11.6 Å². The molecule has 6 heteroatoms. The molecule has 0 atom stereocenters. The van der Waals surface area contributed by atoms with E-state index in [-0.39, 0.29) is 6.79 Å². The lowest BCUT2D eigenvalue weighted by Crippen LogP contribution is -2.04. The summed E-state index contributed by atoms with van der Waals surface area (Å²) in [4.78, 5) is 16.2. The van der Waals surface area contributed by atoms with E-state index in [4.69, 9.17) is 25.8 Å². The van der Waals surface area contributed by atoms with Crippen LogP contribution in [-0.2, 0) is 16.0 Å². The largest absolute Gasteiger partial charge is 0.463 e. The number of pyridine rings is 1. The number of hydrogen-bond acceptors (Lipinski definition) is 5. The number of rotatable bonds is 6. The van der Waals surface area contributed by atoms with Gasteiger partial charge in [-0.05, 0) is 55.7 Å². The fourth-order valence-corrected chi connectivity index (χ4v) is 2.73. The number of fused-ring (bicyclic) bond motifs is 1. The zero-order chi connectivity index (χ0) is 17.6. The van der Waals surface area contributed by atoms with Gasteiger partial charge in [-0.1, -0.05) is 17.7 Å². The second-order valence-corrected chi connectivity index (χ2v) is 6.02. The maximum Gasteiger partial charge on any atom is 0.330 e. The van der Waals surface area contributed by atoms with Crippen molar-refractivity contribution in [1.29, 1.82) is 0 Å². The van der Waals surface area contributed by atoms with Crippen molar-refractivity contribution < 1.29 is 19.0 Å². The summed E-state index contributed by atoms with van der Waals surface area (Å²) < 4.78 is 15.7. The molecule has 0 spiro atoms. The molecule has 0 radical (unpaired) electrons. The van der Waals surface area contributed by atoms with Crippen LogP contribution in [0.4, 0.5) is 0 Å². The van der Waals surface area contributed by atoms with Gasteiger partial charge in [0.05, 0.1) is 11.6 Å². The molecule has 130 valence electrons. The molecule has 0 unspecified atom stereocenters. The van der Waals surface area contributed by atoms with Gasteiger partial charge in [0.25, 0.3) is 0 Å². The quantitative estimate of drug-likeness (QED) is 0.444. The SMILES string of the molecule is Cc1cccc(CCCOC(=O)C=Cc2cc(Cl)c3c(c2)OCO3)n1. The highest BCUT2D eigenvalue weighted by molar-refractivity contribution is 6.32. The summed E-state index contributed by atoms with van der Waals surface area (Å²) in [7, 11) is 0. The number of halogens is 1. The Balaban J connectivity index is 1.46. The van der Waals surface area contributed by atoms with Crippen molar-refractivity contribution in [1.82, 2.24) is 4.98 Å². The van der Waals surface area contributed by atoms with Crippen LogP contribution < -0.4 is 9.47 Å². The highest BCUT2D eigenvalue weighted by atomic mass is 35.5. The Morgan fingerprint density at radius 1 is 1.36 bits per heavy atom. The van der Waals surface area contributed by atoms with Crippen molar-refractivity contribution in [3.05, 3.63) is 58.4 Å². The molecule has 1 aliphatic heterocycles. The molecule has 0 saturated carbocycles. The summed E-state index contributed by atoms with van der Waals surface area (Å²) >= 11 is 6.10. The third kappa shape index (κ3) is 4.73. The lowest BCUT2D eigenvalue weighted by atomic mass is 10.2. The molecule has 0 N–H and O–H groups in total. The van der Waals surface area contributed by atoms with E-state index >= 15 is 0 Å². The van der Waals surface area contributed by atoms with Crippen LogP contribution in [0, 0.1) is 6.92 Å². The van der Waals surface area contributed by atoms with Crippen molar-refractivity contribution in [3.8, 4) is 11.5 Å². The smallest absolute Gasteiger partial charge is 0.330 e. The number of benzene rings is 1. The molecular formula is C19H18ClNO4. The number of carbonyl (C=O) groups is 1. The second kappa shape index (κ2) is 8.03. The fourth-order valence-electron chi connectivity index (χ4n) is 2.46. The Labute approximate surface area is 151 Å². The minimum atomic E-state index is -0.397. The predicted molar refractivity (Wildman–Crippen MR) is 94.9 cm³/mol. The van der Waals surface area contributed by atoms with Crippen molar-refractivity contribution >= 4 is 23.6 Å². The lowest BCUT2D eigenvalue weighted by Gasteiger charge is -2.03. The summed E-state index contributed by atoms with van der Waals surface area (Å²) in [5, 5.41) is 0.452. The maximum absolute atomic E-state index is 11.8. The van der Waals surface area contributed by atoms with Gasteiger partial charge >= 0.3 is 5.97 Å². The number of carbonyl (C=O) groups excluding carboxylic acids is 1. The first kappa shape index (κ1) is 17.3. The Morgan fingerprint density at radius 3 is 3.08 bits per heavy atom. The Kier molecular flexibility index (Phi) is 5.56. The molecule has 5 nitrogen and oxygen atoms in total. The molecule has 2 heterocycles. The Hall–Kier alpha value is -2.53. The van der Waals surface area contributed by atoms with Crippen LogP contribution in [0.25, 0.3) is 6.08 Å². The van der Waals surface area contributed by atoms with Crippen molar-refractivity contribution in [2.24, 2.45) is 0 Å². The normalized spacial score (nSPS) is 12.6. The maximum atomic E-state index is 11.8. The molecule has 25 heavy (non-hydrogen) atoms. The minimum absolute atomic E-state index is 0.153. The lowest BCUT2D eigenvalue weighted by molar-refractivity contribution is -0.137. The van der Waals surface area contributed by atoms with E-state index in [2.05, 4.69) is 4.98 Å². The van der Waals surface area contributed by atoms with E-state index in [0.29, 0.717) is 23.1 Å². The zero-order valence-electron chi connectivity index (χ0n) is 13.8. The molecule has 0 aliphatic carbocycles. The van der Waals surface area contributed by atoms with E-state index in [0.717, 1.165) is 29.8 Å². The third-order valence-electron chi connectivity index (χ3n) is 3.63. The highest BCUT2D eigenvalue weighted by Gasteiger charge is 2.17. The predicted octanol–water partition coefficient (Wildman–Crippen LogP) is 3.96. The van der Waals surface area contributed by atoms with Gasteiger partial charge in [0, 0.05) is 17.5 Å². The monoisotopic (exact) mass is 359 g/mol. The number of aromatic nitrogens is 1. The number of aryl methyl sites for hydroxylation is 2. The molecule has 3 rings (SSSR count). The van der Waals surface area contributed by atoms with Crippen LogP contribution in [0.1, 0.15) is 23.4 Å². The van der Waals surface area contributed by atoms with Gasteiger partial charge in [0.15, 0.2) is 11.5 Å². The molecule has 1 aromatic heterocycles. The molecule has 1 aromatic carbocycles. The van der Waals surface area contributed by atoms with Gasteiger partial charge in [-0.2, -0.15) is 0 Å². The van der Waals surface area contributed by atoms with Crippen molar-refractivity contribution in [2.75, 3.05) is 13.4 Å². The van der Waals surface area contributed by atoms with Gasteiger partial charge in [-0.25, -0.2) is 4.79 Å². The van der Waals surface area contributed by atoms with Gasteiger partial charge < -0.3 is 14.2 Å². The molecule has 0 fully saturated rings. The molecular weight excluding hydrogens is 342 g/mol. The average molecular weight is 360 g/mol. The number of hydrogen-bond donors (Lipinski definition) is 0. The third-order valence-corrected chi connectivity index (χ3v) is 3.91. The molecule has 2 aromatic rings. The number of esters is 1. The summed E-state index contributed by atoms with van der Waals surface area (Å²) in [5.41, 5.74) is 2.73. The molecule has 0 amide bonds. The number of nitrogens with zero attached hydrogens (tertiary/aromatic N) is 1. The summed E-state index contributed by atoms with van der Waals surface area (Å²) in [6.07, 6.45) is 4.51. The standard InChI is InChI=1S/C19H18ClNO4/c1-13-4-2-5-15(21-13)6-3-9-23-18(22)8-7-14-10-16(20)19-17(11-14)24-12-25-19/h2,4-5,7-8,10-11H,3,6,9,12H2,1H3. The first-order chi connectivity index (χ1) is 12.1. The van der Waals surface area contributed by atoms with E-state index in [9.17, 15) is 4.79 Å². The van der Waals surface area contributed by atoms with E-state index in [1.54, 1.807) is 18.2 Å². The molecule has 0 bridgehead atoms. The van der Waals surface area contributed by atoms with Crippen LogP contribution in [0.15, 0.2) is 36.4 Å². The number of ether oxygens (including phenoxy) is 3. The second-order valence-electron chi connectivity index (χ2n) is 5.61. The van der Waals surface area contributed by atoms with Crippen molar-refractivity contribution in [3.63, 3.8) is 0 Å². The van der Waals surface area contributed by atoms with Gasteiger partial charge in [-0.3, -0.25) is 4.98 Å². The van der Waals surface area contributed by atoms with Crippen LogP contribution in [0.5, 0.6) is 11.5 Å².